The highest BCUT2D eigenvalue weighted by molar-refractivity contribution is 6.27. The first-order valence-electron chi connectivity index (χ1n) is 2.42. The van der Waals surface area contributed by atoms with Gasteiger partial charge < -0.3 is 0 Å². The molecule has 0 N–H and O–H groups in total. The Bertz CT molecular complexity index is 132. The molecule has 2 atom stereocenters. The van der Waals surface area contributed by atoms with Crippen LogP contribution in [0.5, 0.6) is 0 Å². The molecule has 1 fully saturated rings. The predicted octanol–water partition coefficient (Wildman–Crippen LogP) is 1.50. The summed E-state index contributed by atoms with van der Waals surface area (Å²) < 4.78 is 12.3. The molecule has 1 saturated carbocycles. The van der Waals surface area contributed by atoms with Crippen molar-refractivity contribution in [2.24, 2.45) is 5.92 Å². The minimum Gasteiger partial charge on any atom is -0.300 e. The molecule has 2 unspecified atom stereocenters. The molecular formula is C5H6ClFO. The Morgan fingerprint density at radius 2 is 2.38 bits per heavy atom. The molecule has 3 heteroatoms. The van der Waals surface area contributed by atoms with Gasteiger partial charge in [0, 0.05) is 6.42 Å². The lowest BCUT2D eigenvalue weighted by atomic mass is 10.3. The summed E-state index contributed by atoms with van der Waals surface area (Å²) in [6.45, 7) is 1.36. The van der Waals surface area contributed by atoms with Crippen molar-refractivity contribution in [3.63, 3.8) is 0 Å². The Hall–Kier alpha value is -0.110. The van der Waals surface area contributed by atoms with Crippen LogP contribution >= 0.6 is 11.6 Å². The second kappa shape index (κ2) is 1.44. The zero-order valence-electron chi connectivity index (χ0n) is 4.45. The normalized spacial score (nSPS) is 44.1. The molecule has 0 aliphatic heterocycles. The number of carbonyl (C=O) groups excluding carboxylic acids is 1. The number of carbonyl (C=O) groups is 1. The Balaban J connectivity index is 2.48. The summed E-state index contributed by atoms with van der Waals surface area (Å²) in [6, 6.07) is 0. The van der Waals surface area contributed by atoms with Crippen molar-refractivity contribution in [2.75, 3.05) is 0 Å². The SMILES string of the molecule is CC(=O)C1CC1(F)Cl. The van der Waals surface area contributed by atoms with Crippen LogP contribution < -0.4 is 0 Å². The van der Waals surface area contributed by atoms with Gasteiger partial charge in [-0.15, -0.1) is 0 Å². The summed E-state index contributed by atoms with van der Waals surface area (Å²) in [7, 11) is 0. The van der Waals surface area contributed by atoms with Crippen LogP contribution in [0, 0.1) is 5.92 Å². The molecule has 0 bridgehead atoms. The maximum absolute atomic E-state index is 12.3. The maximum Gasteiger partial charge on any atom is 0.194 e. The van der Waals surface area contributed by atoms with Gasteiger partial charge in [0.2, 0.25) is 0 Å². The first-order chi connectivity index (χ1) is 3.54. The molecule has 0 heterocycles. The van der Waals surface area contributed by atoms with Gasteiger partial charge >= 0.3 is 0 Å². The second-order valence-electron chi connectivity index (χ2n) is 2.13. The molecule has 1 aliphatic carbocycles. The van der Waals surface area contributed by atoms with Crippen LogP contribution in [0.25, 0.3) is 0 Å². The minimum atomic E-state index is -1.69. The molecule has 0 amide bonds. The molecule has 0 saturated heterocycles. The van der Waals surface area contributed by atoms with Crippen molar-refractivity contribution < 1.29 is 9.18 Å². The van der Waals surface area contributed by atoms with Gasteiger partial charge in [-0.05, 0) is 6.92 Å². The van der Waals surface area contributed by atoms with Gasteiger partial charge in [-0.1, -0.05) is 11.6 Å². The van der Waals surface area contributed by atoms with Crippen LogP contribution in [0.2, 0.25) is 0 Å². The molecule has 0 spiro atoms. The van der Waals surface area contributed by atoms with Crippen LogP contribution in [-0.2, 0) is 4.79 Å². The number of halogens is 2. The highest BCUT2D eigenvalue weighted by Gasteiger charge is 2.56. The van der Waals surface area contributed by atoms with Crippen LogP contribution in [-0.4, -0.2) is 10.9 Å². The first-order valence-corrected chi connectivity index (χ1v) is 2.80. The second-order valence-corrected chi connectivity index (χ2v) is 2.76. The van der Waals surface area contributed by atoms with E-state index in [0.29, 0.717) is 0 Å². The number of rotatable bonds is 1. The average Bonchev–Trinajstić information content (AvgIpc) is 2.13. The summed E-state index contributed by atoms with van der Waals surface area (Å²) in [4.78, 5) is 10.3. The molecule has 0 aromatic carbocycles. The summed E-state index contributed by atoms with van der Waals surface area (Å²) >= 11 is 5.11. The third-order valence-electron chi connectivity index (χ3n) is 1.32. The van der Waals surface area contributed by atoms with E-state index in [-0.39, 0.29) is 12.2 Å². The monoisotopic (exact) mass is 136 g/mol. The average molecular weight is 137 g/mol. The van der Waals surface area contributed by atoms with E-state index in [0.717, 1.165) is 0 Å². The number of ketones is 1. The van der Waals surface area contributed by atoms with Crippen molar-refractivity contribution in [3.05, 3.63) is 0 Å². The molecule has 1 rings (SSSR count). The molecule has 46 valence electrons. The van der Waals surface area contributed by atoms with E-state index >= 15 is 0 Å². The van der Waals surface area contributed by atoms with Gasteiger partial charge in [-0.25, -0.2) is 4.39 Å². The molecular weight excluding hydrogens is 131 g/mol. The number of alkyl halides is 2. The van der Waals surface area contributed by atoms with E-state index in [4.69, 9.17) is 11.6 Å². The van der Waals surface area contributed by atoms with Crippen LogP contribution in [0.4, 0.5) is 4.39 Å². The summed E-state index contributed by atoms with van der Waals surface area (Å²) in [6.07, 6.45) is 0.198. The van der Waals surface area contributed by atoms with Gasteiger partial charge in [0.05, 0.1) is 5.92 Å². The fourth-order valence-corrected chi connectivity index (χ4v) is 0.962. The van der Waals surface area contributed by atoms with Crippen LogP contribution in [0.15, 0.2) is 0 Å². The number of Topliss-reactive ketones (excluding diaryl/α,β-unsaturated/α-hetero) is 1. The first kappa shape index (κ1) is 6.02. The predicted molar refractivity (Wildman–Crippen MR) is 28.5 cm³/mol. The van der Waals surface area contributed by atoms with Crippen molar-refractivity contribution in [2.45, 2.75) is 18.5 Å². The van der Waals surface area contributed by atoms with E-state index in [9.17, 15) is 9.18 Å². The quantitative estimate of drug-likeness (QED) is 0.500. The largest absolute Gasteiger partial charge is 0.300 e. The van der Waals surface area contributed by atoms with E-state index in [1.165, 1.54) is 6.92 Å². The zero-order chi connectivity index (χ0) is 6.36. The third kappa shape index (κ3) is 0.848. The number of hydrogen-bond acceptors (Lipinski definition) is 1. The summed E-state index contributed by atoms with van der Waals surface area (Å²) in [5.41, 5.74) is 0. The van der Waals surface area contributed by atoms with Gasteiger partial charge in [0.25, 0.3) is 0 Å². The molecule has 1 aliphatic rings. The fourth-order valence-electron chi connectivity index (χ4n) is 0.654. The lowest BCUT2D eigenvalue weighted by molar-refractivity contribution is -0.118. The molecule has 0 aromatic heterocycles. The van der Waals surface area contributed by atoms with Crippen molar-refractivity contribution >= 4 is 17.4 Å². The van der Waals surface area contributed by atoms with Gasteiger partial charge in [-0.3, -0.25) is 4.79 Å². The minimum absolute atomic E-state index is 0.150. The van der Waals surface area contributed by atoms with Crippen molar-refractivity contribution in [1.29, 1.82) is 0 Å². The Morgan fingerprint density at radius 3 is 2.38 bits per heavy atom. The Labute approximate surface area is 51.8 Å². The highest BCUT2D eigenvalue weighted by Crippen LogP contribution is 2.51. The fraction of sp³-hybridized carbons (Fsp3) is 0.800. The molecule has 1 nitrogen and oxygen atoms in total. The third-order valence-corrected chi connectivity index (χ3v) is 1.73. The van der Waals surface area contributed by atoms with Crippen LogP contribution in [0.1, 0.15) is 13.3 Å². The van der Waals surface area contributed by atoms with E-state index in [2.05, 4.69) is 0 Å². The van der Waals surface area contributed by atoms with Crippen LogP contribution in [0.3, 0.4) is 0 Å². The van der Waals surface area contributed by atoms with Crippen molar-refractivity contribution in [1.82, 2.24) is 0 Å². The van der Waals surface area contributed by atoms with Gasteiger partial charge in [-0.2, -0.15) is 0 Å². The topological polar surface area (TPSA) is 17.1 Å². The van der Waals surface area contributed by atoms with Crippen molar-refractivity contribution in [3.8, 4) is 0 Å². The van der Waals surface area contributed by atoms with E-state index in [1.54, 1.807) is 0 Å². The molecule has 0 radical (unpaired) electrons. The Kier molecular flexibility index (Phi) is 1.08. The zero-order valence-corrected chi connectivity index (χ0v) is 5.20. The number of hydrogen-bond donors (Lipinski definition) is 0. The van der Waals surface area contributed by atoms with E-state index < -0.39 is 11.0 Å². The van der Waals surface area contributed by atoms with Gasteiger partial charge in [0.15, 0.2) is 5.13 Å². The molecule has 8 heavy (non-hydrogen) atoms. The Morgan fingerprint density at radius 1 is 2.00 bits per heavy atom. The smallest absolute Gasteiger partial charge is 0.194 e. The standard InChI is InChI=1S/C5H6ClFO/c1-3(8)4-2-5(4,6)7/h4H,2H2,1H3. The summed E-state index contributed by atoms with van der Waals surface area (Å²) in [5.74, 6) is -0.674. The lowest BCUT2D eigenvalue weighted by Crippen LogP contribution is -2.00. The maximum atomic E-state index is 12.3. The lowest BCUT2D eigenvalue weighted by Gasteiger charge is -1.88. The van der Waals surface area contributed by atoms with Gasteiger partial charge in [0.1, 0.15) is 5.78 Å². The highest BCUT2D eigenvalue weighted by atomic mass is 35.5. The molecule has 0 aromatic rings. The van der Waals surface area contributed by atoms with E-state index in [1.807, 2.05) is 0 Å². The summed E-state index contributed by atoms with van der Waals surface area (Å²) in [5, 5.41) is -1.69.